The number of rotatable bonds is 10. The van der Waals surface area contributed by atoms with Crippen LogP contribution in [-0.4, -0.2) is 33.2 Å². The number of anilines is 1. The third kappa shape index (κ3) is 7.18. The van der Waals surface area contributed by atoms with Gasteiger partial charge >= 0.3 is 6.18 Å². The Kier molecular flexibility index (Phi) is 9.32. The molecule has 0 aliphatic rings. The molecule has 0 spiro atoms. The van der Waals surface area contributed by atoms with Gasteiger partial charge in [-0.1, -0.05) is 54.1 Å². The summed E-state index contributed by atoms with van der Waals surface area (Å²) < 4.78 is 67.3. The van der Waals surface area contributed by atoms with Crippen LogP contribution < -0.4 is 9.62 Å². The smallest absolute Gasteiger partial charge is 0.354 e. The zero-order valence-electron chi connectivity index (χ0n) is 19.3. The Morgan fingerprint density at radius 2 is 1.69 bits per heavy atom. The minimum Gasteiger partial charge on any atom is -0.354 e. The summed E-state index contributed by atoms with van der Waals surface area (Å²) in [5, 5.41) is 2.41. The summed E-state index contributed by atoms with van der Waals surface area (Å²) in [5.41, 5.74) is 0.824. The molecule has 3 rings (SSSR count). The molecule has 0 saturated heterocycles. The molecule has 192 valence electrons. The van der Waals surface area contributed by atoms with Crippen molar-refractivity contribution in [3.8, 4) is 0 Å². The van der Waals surface area contributed by atoms with Gasteiger partial charge in [0.05, 0.1) is 21.2 Å². The molecular formula is C25H24ClF3N2O3S2. The van der Waals surface area contributed by atoms with Crippen LogP contribution in [0.5, 0.6) is 0 Å². The predicted molar refractivity (Wildman–Crippen MR) is 138 cm³/mol. The number of aryl methyl sites for hydroxylation is 1. The average molecular weight is 557 g/mol. The summed E-state index contributed by atoms with van der Waals surface area (Å²) in [4.78, 5) is 12.5. The zero-order valence-corrected chi connectivity index (χ0v) is 21.6. The van der Waals surface area contributed by atoms with E-state index >= 15 is 0 Å². The van der Waals surface area contributed by atoms with Gasteiger partial charge in [0.2, 0.25) is 5.91 Å². The number of halogens is 4. The molecule has 0 radical (unpaired) electrons. The largest absolute Gasteiger partial charge is 0.416 e. The standard InChI is InChI=1S/C25H24ClF3N2O3S2/c1-18-7-5-6-8-19(18)17-35-14-13-30-24(32)16-31(36(33,34)21-9-3-2-4-10-21)23-15-20(25(27,28)29)11-12-22(23)26/h2-12,15H,13-14,16-17H2,1H3,(H,30,32). The van der Waals surface area contributed by atoms with E-state index in [1.807, 2.05) is 31.2 Å². The molecule has 0 atom stereocenters. The van der Waals surface area contributed by atoms with Crippen LogP contribution in [0.1, 0.15) is 16.7 Å². The number of hydrogen-bond acceptors (Lipinski definition) is 4. The number of amides is 1. The summed E-state index contributed by atoms with van der Waals surface area (Å²) >= 11 is 7.72. The van der Waals surface area contributed by atoms with Crippen LogP contribution in [0, 0.1) is 6.92 Å². The van der Waals surface area contributed by atoms with E-state index in [0.717, 1.165) is 23.4 Å². The number of carbonyl (C=O) groups excluding carboxylic acids is 1. The molecule has 0 heterocycles. The Labute approximate surface area is 217 Å². The highest BCUT2D eigenvalue weighted by Crippen LogP contribution is 2.37. The highest BCUT2D eigenvalue weighted by Gasteiger charge is 2.34. The summed E-state index contributed by atoms with van der Waals surface area (Å²) in [5.74, 6) is 0.645. The van der Waals surface area contributed by atoms with E-state index in [2.05, 4.69) is 5.32 Å². The lowest BCUT2D eigenvalue weighted by Gasteiger charge is -2.25. The number of nitrogens with one attached hydrogen (secondary N) is 1. The van der Waals surface area contributed by atoms with E-state index in [1.165, 1.54) is 29.8 Å². The fourth-order valence-electron chi connectivity index (χ4n) is 3.30. The maximum absolute atomic E-state index is 13.3. The molecule has 0 aliphatic heterocycles. The number of hydrogen-bond donors (Lipinski definition) is 1. The first-order chi connectivity index (χ1) is 17.0. The molecule has 0 bridgehead atoms. The van der Waals surface area contributed by atoms with Crippen molar-refractivity contribution >= 4 is 45.0 Å². The second kappa shape index (κ2) is 12.0. The van der Waals surface area contributed by atoms with Gasteiger partial charge in [0.15, 0.2) is 0 Å². The normalized spacial score (nSPS) is 11.8. The molecule has 3 aromatic carbocycles. The molecule has 0 unspecified atom stereocenters. The predicted octanol–water partition coefficient (Wildman–Crippen LogP) is 5.91. The van der Waals surface area contributed by atoms with Crippen LogP contribution in [0.25, 0.3) is 0 Å². The van der Waals surface area contributed by atoms with E-state index in [1.54, 1.807) is 17.8 Å². The Morgan fingerprint density at radius 1 is 1.03 bits per heavy atom. The SMILES string of the molecule is Cc1ccccc1CSCCNC(=O)CN(c1cc(C(F)(F)F)ccc1Cl)S(=O)(=O)c1ccccc1. The first-order valence-electron chi connectivity index (χ1n) is 10.8. The summed E-state index contributed by atoms with van der Waals surface area (Å²) in [6.45, 7) is 1.53. The molecule has 36 heavy (non-hydrogen) atoms. The number of alkyl halides is 3. The minimum atomic E-state index is -4.72. The summed E-state index contributed by atoms with van der Waals surface area (Å²) in [7, 11) is -4.39. The van der Waals surface area contributed by atoms with Gasteiger partial charge in [-0.25, -0.2) is 8.42 Å². The summed E-state index contributed by atoms with van der Waals surface area (Å²) in [6, 6.07) is 17.4. The fraction of sp³-hybridized carbons (Fsp3) is 0.240. The third-order valence-electron chi connectivity index (χ3n) is 5.25. The molecule has 5 nitrogen and oxygen atoms in total. The maximum Gasteiger partial charge on any atom is 0.416 e. The van der Waals surface area contributed by atoms with Crippen LogP contribution in [0.3, 0.4) is 0 Å². The van der Waals surface area contributed by atoms with Gasteiger partial charge in [-0.2, -0.15) is 24.9 Å². The van der Waals surface area contributed by atoms with Crippen LogP contribution in [0.2, 0.25) is 5.02 Å². The van der Waals surface area contributed by atoms with E-state index < -0.39 is 39.9 Å². The number of benzene rings is 3. The van der Waals surface area contributed by atoms with Gasteiger partial charge in [-0.3, -0.25) is 9.10 Å². The Morgan fingerprint density at radius 3 is 2.36 bits per heavy atom. The van der Waals surface area contributed by atoms with E-state index in [-0.39, 0.29) is 16.5 Å². The van der Waals surface area contributed by atoms with Crippen molar-refractivity contribution in [1.82, 2.24) is 5.32 Å². The Balaban J connectivity index is 1.76. The van der Waals surface area contributed by atoms with Crippen LogP contribution in [0.15, 0.2) is 77.7 Å². The Hall–Kier alpha value is -2.69. The minimum absolute atomic E-state index is 0.180. The molecule has 1 N–H and O–H groups in total. The first kappa shape index (κ1) is 27.9. The maximum atomic E-state index is 13.3. The van der Waals surface area contributed by atoms with Crippen molar-refractivity contribution in [1.29, 1.82) is 0 Å². The number of sulfonamides is 1. The molecular weight excluding hydrogens is 533 g/mol. The van der Waals surface area contributed by atoms with E-state index in [0.29, 0.717) is 16.1 Å². The second-order valence-electron chi connectivity index (χ2n) is 7.82. The van der Waals surface area contributed by atoms with E-state index in [9.17, 15) is 26.4 Å². The molecule has 0 aromatic heterocycles. The highest BCUT2D eigenvalue weighted by molar-refractivity contribution is 7.98. The van der Waals surface area contributed by atoms with Crippen molar-refractivity contribution in [3.05, 3.63) is 94.5 Å². The van der Waals surface area contributed by atoms with Gasteiger partial charge < -0.3 is 5.32 Å². The summed E-state index contributed by atoms with van der Waals surface area (Å²) in [6.07, 6.45) is -4.72. The molecule has 11 heteroatoms. The fourth-order valence-corrected chi connectivity index (χ4v) is 5.96. The average Bonchev–Trinajstić information content (AvgIpc) is 2.83. The van der Waals surface area contributed by atoms with E-state index in [4.69, 9.17) is 11.6 Å². The van der Waals surface area contributed by atoms with Crippen molar-refractivity contribution in [2.45, 2.75) is 23.7 Å². The van der Waals surface area contributed by atoms with Crippen molar-refractivity contribution in [2.75, 3.05) is 23.1 Å². The van der Waals surface area contributed by atoms with Crippen LogP contribution in [-0.2, 0) is 26.7 Å². The lowest BCUT2D eigenvalue weighted by Crippen LogP contribution is -2.41. The molecule has 3 aromatic rings. The number of carbonyl (C=O) groups is 1. The molecule has 1 amide bonds. The Bertz CT molecular complexity index is 1300. The van der Waals surface area contributed by atoms with Crippen molar-refractivity contribution < 1.29 is 26.4 Å². The molecule has 0 aliphatic carbocycles. The van der Waals surface area contributed by atoms with Gasteiger partial charge in [0.1, 0.15) is 6.54 Å². The second-order valence-corrected chi connectivity index (χ2v) is 11.2. The number of thioether (sulfide) groups is 1. The monoisotopic (exact) mass is 556 g/mol. The van der Waals surface area contributed by atoms with Crippen molar-refractivity contribution in [2.24, 2.45) is 0 Å². The molecule has 0 fully saturated rings. The topological polar surface area (TPSA) is 66.5 Å². The van der Waals surface area contributed by atoms with Crippen LogP contribution in [0.4, 0.5) is 18.9 Å². The quantitative estimate of drug-likeness (QED) is 0.315. The lowest BCUT2D eigenvalue weighted by molar-refractivity contribution is -0.137. The molecule has 0 saturated carbocycles. The van der Waals surface area contributed by atoms with Crippen molar-refractivity contribution in [3.63, 3.8) is 0 Å². The first-order valence-corrected chi connectivity index (χ1v) is 13.8. The van der Waals surface area contributed by atoms with Gasteiger partial charge in [-0.15, -0.1) is 0 Å². The highest BCUT2D eigenvalue weighted by atomic mass is 35.5. The van der Waals surface area contributed by atoms with Gasteiger partial charge in [-0.05, 0) is 48.4 Å². The van der Waals surface area contributed by atoms with Gasteiger partial charge in [0.25, 0.3) is 10.0 Å². The van der Waals surface area contributed by atoms with Crippen LogP contribution >= 0.6 is 23.4 Å². The number of nitrogens with zero attached hydrogens (tertiary/aromatic N) is 1. The zero-order chi connectivity index (χ0) is 26.3. The van der Waals surface area contributed by atoms with Gasteiger partial charge in [0, 0.05) is 18.1 Å². The lowest BCUT2D eigenvalue weighted by atomic mass is 10.1. The third-order valence-corrected chi connectivity index (χ3v) is 8.35.